The number of halogens is 2. The third-order valence-corrected chi connectivity index (χ3v) is 8.89. The second-order valence-corrected chi connectivity index (χ2v) is 12.8. The molecule has 3 aromatic rings. The van der Waals surface area contributed by atoms with E-state index < -0.39 is 28.5 Å². The first-order valence-corrected chi connectivity index (χ1v) is 16.0. The van der Waals surface area contributed by atoms with E-state index in [9.17, 15) is 18.0 Å². The minimum atomic E-state index is -3.88. The van der Waals surface area contributed by atoms with Gasteiger partial charge in [-0.25, -0.2) is 8.42 Å². The molecule has 8 nitrogen and oxygen atoms in total. The fraction of sp³-hybridized carbons (Fsp3) is 0.333. The van der Waals surface area contributed by atoms with Crippen LogP contribution in [0.15, 0.2) is 72.8 Å². The molecule has 0 heterocycles. The quantitative estimate of drug-likeness (QED) is 0.283. The topological polar surface area (TPSA) is 96.0 Å². The molecule has 1 unspecified atom stereocenters. The maximum absolute atomic E-state index is 13.8. The Balaban J connectivity index is 1.58. The van der Waals surface area contributed by atoms with Gasteiger partial charge in [0.25, 0.3) is 0 Å². The van der Waals surface area contributed by atoms with Crippen molar-refractivity contribution in [2.24, 2.45) is 0 Å². The van der Waals surface area contributed by atoms with Gasteiger partial charge in [-0.1, -0.05) is 60.3 Å². The zero-order valence-electron chi connectivity index (χ0n) is 22.9. The molecule has 0 bridgehead atoms. The van der Waals surface area contributed by atoms with Crippen LogP contribution in [-0.4, -0.2) is 50.0 Å². The zero-order chi connectivity index (χ0) is 29.6. The van der Waals surface area contributed by atoms with Gasteiger partial charge in [0.05, 0.1) is 11.9 Å². The highest BCUT2D eigenvalue weighted by Crippen LogP contribution is 2.29. The average molecular weight is 619 g/mol. The number of rotatable bonds is 11. The lowest BCUT2D eigenvalue weighted by Gasteiger charge is -2.32. The Bertz CT molecular complexity index is 1440. The Morgan fingerprint density at radius 3 is 2.10 bits per heavy atom. The van der Waals surface area contributed by atoms with Crippen LogP contribution < -0.4 is 14.4 Å². The minimum Gasteiger partial charge on any atom is -0.457 e. The summed E-state index contributed by atoms with van der Waals surface area (Å²) in [5.74, 6) is 0.243. The molecule has 0 aliphatic heterocycles. The number of nitrogens with one attached hydrogen (secondary N) is 1. The molecule has 3 aromatic carbocycles. The monoisotopic (exact) mass is 617 g/mol. The van der Waals surface area contributed by atoms with Gasteiger partial charge in [-0.05, 0) is 68.3 Å². The average Bonchev–Trinajstić information content (AvgIpc) is 3.45. The van der Waals surface area contributed by atoms with E-state index in [1.165, 1.54) is 4.90 Å². The summed E-state index contributed by atoms with van der Waals surface area (Å²) in [6, 6.07) is 19.7. The van der Waals surface area contributed by atoms with Gasteiger partial charge in [0.2, 0.25) is 21.8 Å². The molecule has 1 aliphatic carbocycles. The lowest BCUT2D eigenvalue weighted by atomic mass is 10.1. The van der Waals surface area contributed by atoms with Crippen molar-refractivity contribution >= 4 is 50.7 Å². The van der Waals surface area contributed by atoms with E-state index in [0.717, 1.165) is 36.2 Å². The maximum atomic E-state index is 13.8. The highest BCUT2D eigenvalue weighted by atomic mass is 35.5. The normalized spacial score (nSPS) is 14.3. The highest BCUT2D eigenvalue weighted by molar-refractivity contribution is 7.92. The fourth-order valence-corrected chi connectivity index (χ4v) is 6.11. The van der Waals surface area contributed by atoms with Crippen molar-refractivity contribution in [3.8, 4) is 11.5 Å². The van der Waals surface area contributed by atoms with Crippen LogP contribution in [-0.2, 0) is 26.2 Å². The third kappa shape index (κ3) is 8.15. The molecule has 1 saturated carbocycles. The molecule has 1 N–H and O–H groups in total. The summed E-state index contributed by atoms with van der Waals surface area (Å²) in [5.41, 5.74) is 0.748. The number of para-hydroxylation sites is 1. The fourth-order valence-electron chi connectivity index (χ4n) is 4.75. The summed E-state index contributed by atoms with van der Waals surface area (Å²) in [7, 11) is -3.88. The number of amides is 2. The van der Waals surface area contributed by atoms with Crippen LogP contribution in [0.4, 0.5) is 5.69 Å². The molecule has 2 amide bonds. The summed E-state index contributed by atoms with van der Waals surface area (Å²) < 4.78 is 32.5. The zero-order valence-corrected chi connectivity index (χ0v) is 25.3. The van der Waals surface area contributed by atoms with Gasteiger partial charge in [0, 0.05) is 28.2 Å². The van der Waals surface area contributed by atoms with Crippen molar-refractivity contribution in [2.45, 2.75) is 51.2 Å². The molecule has 0 spiro atoms. The third-order valence-electron chi connectivity index (χ3n) is 7.04. The van der Waals surface area contributed by atoms with Crippen LogP contribution in [0.5, 0.6) is 11.5 Å². The molecule has 1 fully saturated rings. The number of ether oxygens (including phenoxy) is 1. The Morgan fingerprint density at radius 1 is 0.927 bits per heavy atom. The number of anilines is 1. The number of benzene rings is 3. The van der Waals surface area contributed by atoms with Gasteiger partial charge in [-0.2, -0.15) is 0 Å². The van der Waals surface area contributed by atoms with Gasteiger partial charge in [0.1, 0.15) is 24.1 Å². The standard InChI is InChI=1S/C30H33Cl2N3O5S/c1-21(30(37)33-22-9-6-7-10-22)34(19-26-27(31)13-8-14-28(26)32)29(36)20-35(41(2,38)39)23-15-17-25(18-16-23)40-24-11-4-3-5-12-24/h3-5,8,11-18,21-22H,6-7,9-10,19-20H2,1-2H3,(H,33,37). The maximum Gasteiger partial charge on any atom is 0.244 e. The predicted octanol–water partition coefficient (Wildman–Crippen LogP) is 6.03. The van der Waals surface area contributed by atoms with Crippen LogP contribution in [0.2, 0.25) is 10.0 Å². The van der Waals surface area contributed by atoms with Crippen molar-refractivity contribution in [3.63, 3.8) is 0 Å². The summed E-state index contributed by atoms with van der Waals surface area (Å²) in [6.07, 6.45) is 4.87. The molecule has 11 heteroatoms. The smallest absolute Gasteiger partial charge is 0.244 e. The molecule has 1 aliphatic rings. The van der Waals surface area contributed by atoms with Gasteiger partial charge < -0.3 is 15.0 Å². The molecule has 218 valence electrons. The van der Waals surface area contributed by atoms with Gasteiger partial charge in [0.15, 0.2) is 0 Å². The van der Waals surface area contributed by atoms with Crippen LogP contribution in [0.1, 0.15) is 38.2 Å². The Hall–Kier alpha value is -3.27. The molecule has 1 atom stereocenters. The second kappa shape index (κ2) is 13.6. The Labute approximate surface area is 251 Å². The number of carbonyl (C=O) groups is 2. The highest BCUT2D eigenvalue weighted by Gasteiger charge is 2.32. The van der Waals surface area contributed by atoms with Crippen molar-refractivity contribution in [3.05, 3.63) is 88.4 Å². The first-order valence-electron chi connectivity index (χ1n) is 13.4. The lowest BCUT2D eigenvalue weighted by molar-refractivity contribution is -0.139. The van der Waals surface area contributed by atoms with Crippen molar-refractivity contribution in [2.75, 3.05) is 17.1 Å². The van der Waals surface area contributed by atoms with E-state index >= 15 is 0 Å². The lowest BCUT2D eigenvalue weighted by Crippen LogP contribution is -2.52. The van der Waals surface area contributed by atoms with E-state index in [1.807, 2.05) is 18.2 Å². The Kier molecular flexibility index (Phi) is 10.2. The van der Waals surface area contributed by atoms with E-state index in [-0.39, 0.29) is 24.2 Å². The van der Waals surface area contributed by atoms with Crippen LogP contribution in [0, 0.1) is 0 Å². The first-order chi connectivity index (χ1) is 19.5. The van der Waals surface area contributed by atoms with E-state index in [4.69, 9.17) is 27.9 Å². The summed E-state index contributed by atoms with van der Waals surface area (Å²) in [5, 5.41) is 3.71. The molecule has 4 rings (SSSR count). The van der Waals surface area contributed by atoms with E-state index in [2.05, 4.69) is 5.32 Å². The van der Waals surface area contributed by atoms with Gasteiger partial charge in [-0.15, -0.1) is 0 Å². The molecule has 41 heavy (non-hydrogen) atoms. The summed E-state index contributed by atoms with van der Waals surface area (Å²) in [6.45, 7) is 1.02. The number of carbonyl (C=O) groups excluding carboxylic acids is 2. The number of sulfonamides is 1. The van der Waals surface area contributed by atoms with Crippen molar-refractivity contribution in [1.29, 1.82) is 0 Å². The van der Waals surface area contributed by atoms with Crippen LogP contribution >= 0.6 is 23.2 Å². The first kappa shape index (κ1) is 30.7. The second-order valence-electron chi connectivity index (χ2n) is 10.1. The predicted molar refractivity (Wildman–Crippen MR) is 162 cm³/mol. The van der Waals surface area contributed by atoms with Crippen LogP contribution in [0.3, 0.4) is 0 Å². The summed E-state index contributed by atoms with van der Waals surface area (Å²) in [4.78, 5) is 28.4. The number of hydrogen-bond donors (Lipinski definition) is 1. The number of nitrogens with zero attached hydrogens (tertiary/aromatic N) is 2. The molecule has 0 aromatic heterocycles. The summed E-state index contributed by atoms with van der Waals surface area (Å²) >= 11 is 12.8. The SMILES string of the molecule is CC(C(=O)NC1CCCC1)N(Cc1c(Cl)cccc1Cl)C(=O)CN(c1ccc(Oc2ccccc2)cc1)S(C)(=O)=O. The van der Waals surface area contributed by atoms with Gasteiger partial charge >= 0.3 is 0 Å². The van der Waals surface area contributed by atoms with E-state index in [0.29, 0.717) is 27.1 Å². The molecule has 0 saturated heterocycles. The van der Waals surface area contributed by atoms with Crippen molar-refractivity contribution in [1.82, 2.24) is 10.2 Å². The number of hydrogen-bond acceptors (Lipinski definition) is 5. The van der Waals surface area contributed by atoms with E-state index in [1.54, 1.807) is 61.5 Å². The Morgan fingerprint density at radius 2 is 1.51 bits per heavy atom. The molecular formula is C30H33Cl2N3O5S. The molecular weight excluding hydrogens is 585 g/mol. The van der Waals surface area contributed by atoms with Crippen molar-refractivity contribution < 1.29 is 22.7 Å². The largest absolute Gasteiger partial charge is 0.457 e. The molecule has 0 radical (unpaired) electrons. The van der Waals surface area contributed by atoms with Crippen LogP contribution in [0.25, 0.3) is 0 Å². The minimum absolute atomic E-state index is 0.0509. The van der Waals surface area contributed by atoms with Gasteiger partial charge in [-0.3, -0.25) is 13.9 Å².